The molecule has 2 aromatic heterocycles. The summed E-state index contributed by atoms with van der Waals surface area (Å²) >= 11 is 0. The van der Waals surface area contributed by atoms with E-state index in [2.05, 4.69) is 14.5 Å². The van der Waals surface area contributed by atoms with Gasteiger partial charge in [-0.3, -0.25) is 0 Å². The van der Waals surface area contributed by atoms with E-state index in [1.807, 2.05) is 11.1 Å². The molecule has 2 aromatic rings. The molecule has 0 aliphatic carbocycles. The molecule has 0 spiro atoms. The van der Waals surface area contributed by atoms with Crippen molar-refractivity contribution in [3.8, 4) is 0 Å². The first kappa shape index (κ1) is 10.8. The molecule has 6 heteroatoms. The molecule has 0 radical (unpaired) electrons. The van der Waals surface area contributed by atoms with Crippen molar-refractivity contribution >= 4 is 11.7 Å². The number of anilines is 1. The van der Waals surface area contributed by atoms with Gasteiger partial charge < -0.3 is 14.6 Å². The second-order valence-corrected chi connectivity index (χ2v) is 4.13. The van der Waals surface area contributed by atoms with Crippen molar-refractivity contribution in [1.29, 1.82) is 0 Å². The van der Waals surface area contributed by atoms with Gasteiger partial charge in [-0.15, -0.1) is 0 Å². The molecule has 0 saturated carbocycles. The molecule has 0 bridgehead atoms. The molecule has 0 atom stereocenters. The zero-order valence-electron chi connectivity index (χ0n) is 9.65. The van der Waals surface area contributed by atoms with Gasteiger partial charge in [-0.05, 0) is 12.1 Å². The molecular weight excluding hydrogens is 232 g/mol. The molecule has 6 nitrogen and oxygen atoms in total. The Morgan fingerprint density at radius 1 is 1.28 bits per heavy atom. The van der Waals surface area contributed by atoms with Gasteiger partial charge in [0.25, 0.3) is 0 Å². The fourth-order valence-electron chi connectivity index (χ4n) is 2.20. The molecule has 0 aromatic carbocycles. The van der Waals surface area contributed by atoms with E-state index in [0.29, 0.717) is 12.2 Å². The fraction of sp³-hybridized carbons (Fsp3) is 0.250. The Morgan fingerprint density at radius 2 is 2.17 bits per heavy atom. The highest BCUT2D eigenvalue weighted by molar-refractivity contribution is 5.92. The number of pyridine rings is 1. The van der Waals surface area contributed by atoms with E-state index in [4.69, 9.17) is 5.11 Å². The van der Waals surface area contributed by atoms with Crippen LogP contribution in [0.5, 0.6) is 0 Å². The molecule has 3 heterocycles. The lowest BCUT2D eigenvalue weighted by molar-refractivity contribution is 0.0691. The molecule has 1 aliphatic heterocycles. The Bertz CT molecular complexity index is 593. The van der Waals surface area contributed by atoms with Gasteiger partial charge in [-0.2, -0.15) is 0 Å². The van der Waals surface area contributed by atoms with Gasteiger partial charge in [0.1, 0.15) is 5.82 Å². The molecule has 92 valence electrons. The third kappa shape index (κ3) is 1.71. The zero-order valence-corrected chi connectivity index (χ0v) is 9.65. The van der Waals surface area contributed by atoms with Gasteiger partial charge >= 0.3 is 5.97 Å². The maximum atomic E-state index is 11.1. The first-order chi connectivity index (χ1) is 8.75. The van der Waals surface area contributed by atoms with E-state index < -0.39 is 5.97 Å². The van der Waals surface area contributed by atoms with Crippen LogP contribution < -0.4 is 4.90 Å². The second kappa shape index (κ2) is 4.14. The minimum absolute atomic E-state index is 0.0949. The number of hydrogen-bond acceptors (Lipinski definition) is 4. The van der Waals surface area contributed by atoms with Gasteiger partial charge in [0.15, 0.2) is 5.69 Å². The summed E-state index contributed by atoms with van der Waals surface area (Å²) in [6.45, 7) is 2.18. The number of rotatable bonds is 2. The monoisotopic (exact) mass is 244 g/mol. The summed E-state index contributed by atoms with van der Waals surface area (Å²) in [7, 11) is 0. The molecule has 1 N–H and O–H groups in total. The summed E-state index contributed by atoms with van der Waals surface area (Å²) < 4.78 is 2.08. The maximum Gasteiger partial charge on any atom is 0.356 e. The number of aromatic nitrogens is 3. The van der Waals surface area contributed by atoms with E-state index in [9.17, 15) is 4.79 Å². The number of hydrogen-bond donors (Lipinski definition) is 1. The van der Waals surface area contributed by atoms with Gasteiger partial charge in [-0.25, -0.2) is 14.8 Å². The lowest BCUT2D eigenvalue weighted by Gasteiger charge is -2.30. The van der Waals surface area contributed by atoms with Crippen LogP contribution in [-0.4, -0.2) is 32.2 Å². The van der Waals surface area contributed by atoms with Crippen LogP contribution in [0.4, 0.5) is 5.69 Å². The SMILES string of the molecule is O=C(O)c1ncccc1N1CCn2ccnc2C1. The van der Waals surface area contributed by atoms with Crippen molar-refractivity contribution in [2.24, 2.45) is 0 Å². The predicted molar refractivity (Wildman–Crippen MR) is 64.5 cm³/mol. The molecule has 0 amide bonds. The van der Waals surface area contributed by atoms with E-state index in [-0.39, 0.29) is 5.69 Å². The van der Waals surface area contributed by atoms with Crippen LogP contribution >= 0.6 is 0 Å². The van der Waals surface area contributed by atoms with Crippen molar-refractivity contribution in [1.82, 2.24) is 14.5 Å². The molecule has 0 saturated heterocycles. The minimum atomic E-state index is -1.00. The van der Waals surface area contributed by atoms with Crippen molar-refractivity contribution in [3.05, 3.63) is 42.2 Å². The van der Waals surface area contributed by atoms with Gasteiger partial charge in [0, 0.05) is 31.7 Å². The summed E-state index contributed by atoms with van der Waals surface area (Å²) in [4.78, 5) is 21.3. The van der Waals surface area contributed by atoms with Crippen molar-refractivity contribution < 1.29 is 9.90 Å². The fourth-order valence-corrected chi connectivity index (χ4v) is 2.20. The van der Waals surface area contributed by atoms with E-state index in [1.54, 1.807) is 18.3 Å². The Hall–Kier alpha value is -2.37. The van der Waals surface area contributed by atoms with E-state index in [0.717, 1.165) is 18.9 Å². The third-order valence-electron chi connectivity index (χ3n) is 3.07. The van der Waals surface area contributed by atoms with E-state index in [1.165, 1.54) is 6.20 Å². The molecular formula is C12H12N4O2. The van der Waals surface area contributed by atoms with Crippen LogP contribution in [0.15, 0.2) is 30.7 Å². The number of carboxylic acids is 1. The van der Waals surface area contributed by atoms with Gasteiger partial charge in [0.2, 0.25) is 0 Å². The highest BCUT2D eigenvalue weighted by atomic mass is 16.4. The third-order valence-corrected chi connectivity index (χ3v) is 3.07. The highest BCUT2D eigenvalue weighted by Gasteiger charge is 2.21. The van der Waals surface area contributed by atoms with Crippen LogP contribution in [-0.2, 0) is 13.1 Å². The number of carbonyl (C=O) groups is 1. The van der Waals surface area contributed by atoms with Crippen LogP contribution in [0.2, 0.25) is 0 Å². The highest BCUT2D eigenvalue weighted by Crippen LogP contribution is 2.22. The van der Waals surface area contributed by atoms with Crippen LogP contribution in [0.3, 0.4) is 0 Å². The summed E-state index contributed by atoms with van der Waals surface area (Å²) in [5.74, 6) is -0.0547. The Balaban J connectivity index is 1.95. The Kier molecular flexibility index (Phi) is 2.47. The van der Waals surface area contributed by atoms with Crippen molar-refractivity contribution in [2.45, 2.75) is 13.1 Å². The average molecular weight is 244 g/mol. The number of imidazole rings is 1. The first-order valence-electron chi connectivity index (χ1n) is 5.69. The predicted octanol–water partition coefficient (Wildman–Crippen LogP) is 0.996. The lowest BCUT2D eigenvalue weighted by Crippen LogP contribution is -2.34. The van der Waals surface area contributed by atoms with Crippen LogP contribution in [0, 0.1) is 0 Å². The lowest BCUT2D eigenvalue weighted by atomic mass is 10.2. The number of nitrogens with zero attached hydrogens (tertiary/aromatic N) is 4. The molecule has 18 heavy (non-hydrogen) atoms. The van der Waals surface area contributed by atoms with Crippen LogP contribution in [0.1, 0.15) is 16.3 Å². The standard InChI is InChI=1S/C12H12N4O2/c17-12(18)11-9(2-1-3-14-11)16-7-6-15-5-4-13-10(15)8-16/h1-5H,6-8H2,(H,17,18). The van der Waals surface area contributed by atoms with Crippen molar-refractivity contribution in [2.75, 3.05) is 11.4 Å². The first-order valence-corrected chi connectivity index (χ1v) is 5.69. The van der Waals surface area contributed by atoms with Gasteiger partial charge in [0.05, 0.1) is 12.2 Å². The number of aromatic carboxylic acids is 1. The van der Waals surface area contributed by atoms with E-state index >= 15 is 0 Å². The molecule has 0 unspecified atom stereocenters. The normalized spacial score (nSPS) is 14.3. The zero-order chi connectivity index (χ0) is 12.5. The summed E-state index contributed by atoms with van der Waals surface area (Å²) in [6.07, 6.45) is 5.20. The minimum Gasteiger partial charge on any atom is -0.476 e. The van der Waals surface area contributed by atoms with Crippen molar-refractivity contribution in [3.63, 3.8) is 0 Å². The van der Waals surface area contributed by atoms with Crippen LogP contribution in [0.25, 0.3) is 0 Å². The molecule has 1 aliphatic rings. The topological polar surface area (TPSA) is 71.2 Å². The second-order valence-electron chi connectivity index (χ2n) is 4.13. The Morgan fingerprint density at radius 3 is 3.00 bits per heavy atom. The largest absolute Gasteiger partial charge is 0.476 e. The smallest absolute Gasteiger partial charge is 0.356 e. The summed E-state index contributed by atoms with van der Waals surface area (Å²) in [5, 5.41) is 9.14. The number of carboxylic acid groups (broad SMARTS) is 1. The summed E-state index contributed by atoms with van der Waals surface area (Å²) in [5.41, 5.74) is 0.747. The average Bonchev–Trinajstić information content (AvgIpc) is 2.85. The molecule has 0 fully saturated rings. The maximum absolute atomic E-state index is 11.1. The van der Waals surface area contributed by atoms with Gasteiger partial charge in [-0.1, -0.05) is 0 Å². The Labute approximate surface area is 104 Å². The molecule has 3 rings (SSSR count). The number of fused-ring (bicyclic) bond motifs is 1. The quantitative estimate of drug-likeness (QED) is 0.853. The summed E-state index contributed by atoms with van der Waals surface area (Å²) in [6, 6.07) is 3.54.